The van der Waals surface area contributed by atoms with Gasteiger partial charge in [0.05, 0.1) is 16.3 Å². The van der Waals surface area contributed by atoms with Crippen molar-refractivity contribution in [2.75, 3.05) is 23.3 Å². The van der Waals surface area contributed by atoms with Gasteiger partial charge in [-0.15, -0.1) is 0 Å². The molecular weight excluding hydrogens is 403 g/mol. The zero-order valence-corrected chi connectivity index (χ0v) is 16.6. The van der Waals surface area contributed by atoms with Crippen molar-refractivity contribution in [1.29, 1.82) is 5.26 Å². The number of hydrogen-bond acceptors (Lipinski definition) is 3. The summed E-state index contributed by atoms with van der Waals surface area (Å²) in [4.78, 5) is 14.5. The third-order valence-electron chi connectivity index (χ3n) is 4.24. The number of nitriles is 1. The molecule has 2 rings (SSSR count). The highest BCUT2D eigenvalue weighted by Crippen LogP contribution is 2.34. The Morgan fingerprint density at radius 1 is 1.17 bits per heavy atom. The van der Waals surface area contributed by atoms with Crippen molar-refractivity contribution in [3.63, 3.8) is 0 Å². The Labute approximate surface area is 172 Å². The van der Waals surface area contributed by atoms with Gasteiger partial charge in [-0.05, 0) is 55.8 Å². The minimum absolute atomic E-state index is 0.0628. The second-order valence-electron chi connectivity index (χ2n) is 6.08. The van der Waals surface area contributed by atoms with Crippen LogP contribution in [0.3, 0.4) is 0 Å². The summed E-state index contributed by atoms with van der Waals surface area (Å²) in [5.74, 6) is -0.846. The summed E-state index contributed by atoms with van der Waals surface area (Å²) < 4.78 is 38.6. The minimum atomic E-state index is -4.58. The van der Waals surface area contributed by atoms with Crippen LogP contribution in [0.25, 0.3) is 6.08 Å². The van der Waals surface area contributed by atoms with Gasteiger partial charge in [-0.1, -0.05) is 23.7 Å². The number of nitrogens with one attached hydrogen (secondary N) is 1. The Morgan fingerprint density at radius 3 is 2.31 bits per heavy atom. The Morgan fingerprint density at radius 2 is 1.79 bits per heavy atom. The number of anilines is 2. The Hall–Kier alpha value is -2.98. The average molecular weight is 422 g/mol. The highest BCUT2D eigenvalue weighted by Gasteiger charge is 2.31. The van der Waals surface area contributed by atoms with E-state index in [1.807, 2.05) is 26.0 Å². The van der Waals surface area contributed by atoms with Gasteiger partial charge < -0.3 is 10.2 Å². The molecule has 152 valence electrons. The van der Waals surface area contributed by atoms with Crippen molar-refractivity contribution in [2.45, 2.75) is 20.0 Å². The van der Waals surface area contributed by atoms with Crippen LogP contribution in [0.1, 0.15) is 25.0 Å². The molecule has 0 spiro atoms. The molecule has 2 aromatic rings. The topological polar surface area (TPSA) is 56.1 Å². The zero-order chi connectivity index (χ0) is 21.6. The molecule has 0 unspecified atom stereocenters. The van der Waals surface area contributed by atoms with E-state index in [9.17, 15) is 23.2 Å². The number of alkyl halides is 3. The molecule has 0 saturated heterocycles. The van der Waals surface area contributed by atoms with E-state index in [0.717, 1.165) is 37.0 Å². The van der Waals surface area contributed by atoms with Crippen molar-refractivity contribution in [3.05, 3.63) is 64.2 Å². The number of halogens is 4. The lowest BCUT2D eigenvalue weighted by Gasteiger charge is -2.20. The molecule has 0 heterocycles. The third-order valence-corrected chi connectivity index (χ3v) is 4.57. The van der Waals surface area contributed by atoms with Crippen molar-refractivity contribution >= 4 is 35.0 Å². The summed E-state index contributed by atoms with van der Waals surface area (Å²) in [5, 5.41) is 11.5. The van der Waals surface area contributed by atoms with E-state index >= 15 is 0 Å². The van der Waals surface area contributed by atoms with Crippen molar-refractivity contribution in [2.24, 2.45) is 0 Å². The lowest BCUT2D eigenvalue weighted by Crippen LogP contribution is -2.21. The highest BCUT2D eigenvalue weighted by atomic mass is 35.5. The third kappa shape index (κ3) is 5.75. The molecule has 0 aliphatic carbocycles. The van der Waals surface area contributed by atoms with Crippen LogP contribution in [-0.4, -0.2) is 19.0 Å². The summed E-state index contributed by atoms with van der Waals surface area (Å²) in [7, 11) is 0. The van der Waals surface area contributed by atoms with Gasteiger partial charge in [-0.3, -0.25) is 4.79 Å². The van der Waals surface area contributed by atoms with Gasteiger partial charge in [0.25, 0.3) is 5.91 Å². The molecule has 4 nitrogen and oxygen atoms in total. The lowest BCUT2D eigenvalue weighted by atomic mass is 10.1. The average Bonchev–Trinajstić information content (AvgIpc) is 2.68. The van der Waals surface area contributed by atoms with E-state index in [0.29, 0.717) is 5.56 Å². The van der Waals surface area contributed by atoms with E-state index in [1.54, 1.807) is 18.2 Å². The van der Waals surface area contributed by atoms with E-state index in [-0.39, 0.29) is 16.3 Å². The van der Waals surface area contributed by atoms with E-state index in [4.69, 9.17) is 11.6 Å². The summed E-state index contributed by atoms with van der Waals surface area (Å²) in [6.45, 7) is 5.76. The number of rotatable bonds is 6. The standard InChI is InChI=1S/C21H19ClF3N3O/c1-3-28(4-2)17-8-5-14(6-9-17)11-15(13-26)20(29)27-19-12-16(21(23,24)25)7-10-18(19)22/h5-12H,3-4H2,1-2H3,(H,27,29)/b15-11+. The molecule has 1 N–H and O–H groups in total. The second-order valence-corrected chi connectivity index (χ2v) is 6.49. The van der Waals surface area contributed by atoms with Gasteiger partial charge in [0, 0.05) is 18.8 Å². The van der Waals surface area contributed by atoms with Crippen LogP contribution >= 0.6 is 11.6 Å². The molecular formula is C21H19ClF3N3O. The molecule has 0 aromatic heterocycles. The zero-order valence-electron chi connectivity index (χ0n) is 15.8. The normalized spacial score (nSPS) is 11.7. The molecule has 2 aromatic carbocycles. The molecule has 0 atom stereocenters. The maximum absolute atomic E-state index is 12.9. The van der Waals surface area contributed by atoms with Crippen molar-refractivity contribution in [3.8, 4) is 6.07 Å². The summed E-state index contributed by atoms with van der Waals surface area (Å²) in [6, 6.07) is 11.6. The van der Waals surface area contributed by atoms with Gasteiger partial charge in [0.15, 0.2) is 0 Å². The fourth-order valence-corrected chi connectivity index (χ4v) is 2.84. The molecule has 0 aliphatic heterocycles. The number of hydrogen-bond donors (Lipinski definition) is 1. The first-order valence-electron chi connectivity index (χ1n) is 8.84. The van der Waals surface area contributed by atoms with Crippen LogP contribution in [0, 0.1) is 11.3 Å². The minimum Gasteiger partial charge on any atom is -0.372 e. The quantitative estimate of drug-likeness (QED) is 0.477. The van der Waals surface area contributed by atoms with Crippen molar-refractivity contribution < 1.29 is 18.0 Å². The second kappa shape index (κ2) is 9.48. The lowest BCUT2D eigenvalue weighted by molar-refractivity contribution is -0.137. The molecule has 0 aliphatic rings. The summed E-state index contributed by atoms with van der Waals surface area (Å²) >= 11 is 5.88. The first-order valence-corrected chi connectivity index (χ1v) is 9.22. The van der Waals surface area contributed by atoms with Crippen molar-refractivity contribution in [1.82, 2.24) is 0 Å². The molecule has 8 heteroatoms. The van der Waals surface area contributed by atoms with Crippen LogP contribution in [0.2, 0.25) is 5.02 Å². The fraction of sp³-hybridized carbons (Fsp3) is 0.238. The van der Waals surface area contributed by atoms with Crippen LogP contribution in [0.5, 0.6) is 0 Å². The summed E-state index contributed by atoms with van der Waals surface area (Å²) in [5.41, 5.74) is 0.193. The van der Waals surface area contributed by atoms with Gasteiger partial charge in [-0.2, -0.15) is 18.4 Å². The van der Waals surface area contributed by atoms with Crippen LogP contribution in [0.15, 0.2) is 48.0 Å². The predicted molar refractivity (Wildman–Crippen MR) is 109 cm³/mol. The van der Waals surface area contributed by atoms with Gasteiger partial charge in [-0.25, -0.2) is 0 Å². The summed E-state index contributed by atoms with van der Waals surface area (Å²) in [6.07, 6.45) is -3.21. The molecule has 1 amide bonds. The maximum atomic E-state index is 12.9. The molecule has 0 bridgehead atoms. The first kappa shape index (κ1) is 22.3. The fourth-order valence-electron chi connectivity index (χ4n) is 2.67. The van der Waals surface area contributed by atoms with Gasteiger partial charge in [0.1, 0.15) is 11.6 Å². The van der Waals surface area contributed by atoms with E-state index in [1.165, 1.54) is 6.08 Å². The molecule has 0 radical (unpaired) electrons. The number of carbonyl (C=O) groups excluding carboxylic acids is 1. The number of carbonyl (C=O) groups is 1. The molecule has 0 fully saturated rings. The molecule has 0 saturated carbocycles. The van der Waals surface area contributed by atoms with E-state index in [2.05, 4.69) is 10.2 Å². The predicted octanol–water partition coefficient (Wildman–Crippen LogP) is 5.75. The monoisotopic (exact) mass is 421 g/mol. The smallest absolute Gasteiger partial charge is 0.372 e. The maximum Gasteiger partial charge on any atom is 0.416 e. The first-order chi connectivity index (χ1) is 13.7. The van der Waals surface area contributed by atoms with Crippen LogP contribution < -0.4 is 10.2 Å². The Kier molecular flexibility index (Phi) is 7.29. The van der Waals surface area contributed by atoms with E-state index < -0.39 is 17.6 Å². The number of benzene rings is 2. The Bertz CT molecular complexity index is 943. The van der Waals surface area contributed by atoms with Crippen LogP contribution in [0.4, 0.5) is 24.5 Å². The largest absolute Gasteiger partial charge is 0.416 e. The van der Waals surface area contributed by atoms with Gasteiger partial charge in [0.2, 0.25) is 0 Å². The number of nitrogens with zero attached hydrogens (tertiary/aromatic N) is 2. The Balaban J connectivity index is 2.24. The molecule has 29 heavy (non-hydrogen) atoms. The number of amides is 1. The highest BCUT2D eigenvalue weighted by molar-refractivity contribution is 6.34. The SMILES string of the molecule is CCN(CC)c1ccc(/C=C(\C#N)C(=O)Nc2cc(C(F)(F)F)ccc2Cl)cc1. The van der Waals surface area contributed by atoms with Gasteiger partial charge >= 0.3 is 6.18 Å². The van der Waals surface area contributed by atoms with Crippen LogP contribution in [-0.2, 0) is 11.0 Å².